The van der Waals surface area contributed by atoms with Gasteiger partial charge in [-0.05, 0) is 36.8 Å². The second-order valence-corrected chi connectivity index (χ2v) is 4.00. The van der Waals surface area contributed by atoms with Crippen LogP contribution in [0.3, 0.4) is 0 Å². The molecular weight excluding hydrogens is 178 g/mol. The molecule has 1 unspecified atom stereocenters. The Labute approximate surface area is 84.5 Å². The van der Waals surface area contributed by atoms with Gasteiger partial charge in [-0.1, -0.05) is 13.0 Å². The smallest absolute Gasteiger partial charge is 0.207 e. The van der Waals surface area contributed by atoms with Gasteiger partial charge >= 0.3 is 0 Å². The average molecular weight is 195 g/mol. The molecule has 0 spiro atoms. The molecule has 2 N–H and O–H groups in total. The highest BCUT2D eigenvalue weighted by atomic mass is 16.3. The summed E-state index contributed by atoms with van der Waals surface area (Å²) in [6.07, 6.45) is 9.22. The van der Waals surface area contributed by atoms with Crippen LogP contribution < -0.4 is 5.32 Å². The molecule has 0 radical (unpaired) electrons. The van der Waals surface area contributed by atoms with Crippen LogP contribution in [0.25, 0.3) is 0 Å². The average Bonchev–Trinajstić information content (AvgIpc) is 2.18. The van der Waals surface area contributed by atoms with Gasteiger partial charge in [-0.15, -0.1) is 0 Å². The van der Waals surface area contributed by atoms with E-state index in [9.17, 15) is 4.79 Å². The Morgan fingerprint density at radius 2 is 2.50 bits per heavy atom. The largest absolute Gasteiger partial charge is 0.508 e. The third-order valence-electron chi connectivity index (χ3n) is 2.59. The van der Waals surface area contributed by atoms with Gasteiger partial charge in [-0.3, -0.25) is 4.79 Å². The summed E-state index contributed by atoms with van der Waals surface area (Å²) in [5.41, 5.74) is 0.136. The van der Waals surface area contributed by atoms with Crippen LogP contribution in [-0.4, -0.2) is 18.1 Å². The van der Waals surface area contributed by atoms with Crippen LogP contribution >= 0.6 is 0 Å². The Balaban J connectivity index is 2.30. The number of carbonyl (C=O) groups excluding carboxylic acids is 1. The fourth-order valence-corrected chi connectivity index (χ4v) is 1.60. The van der Waals surface area contributed by atoms with Crippen LogP contribution in [0.15, 0.2) is 24.0 Å². The number of rotatable bonds is 5. The predicted molar refractivity (Wildman–Crippen MR) is 55.9 cm³/mol. The summed E-state index contributed by atoms with van der Waals surface area (Å²) in [7, 11) is 0. The number of carbonyl (C=O) groups is 1. The zero-order valence-corrected chi connectivity index (χ0v) is 8.49. The Bertz CT molecular complexity index is 258. The molecule has 3 nitrogen and oxygen atoms in total. The van der Waals surface area contributed by atoms with E-state index in [0.29, 0.717) is 5.76 Å². The molecule has 3 heteroatoms. The molecule has 1 amide bonds. The molecule has 0 bridgehead atoms. The van der Waals surface area contributed by atoms with Crippen molar-refractivity contribution in [1.82, 2.24) is 5.32 Å². The Kier molecular flexibility index (Phi) is 3.74. The van der Waals surface area contributed by atoms with E-state index in [1.54, 1.807) is 6.08 Å². The van der Waals surface area contributed by atoms with Gasteiger partial charge in [0.1, 0.15) is 5.76 Å². The van der Waals surface area contributed by atoms with Gasteiger partial charge in [-0.2, -0.15) is 0 Å². The molecular formula is C11H17NO2. The van der Waals surface area contributed by atoms with Crippen molar-refractivity contribution in [3.05, 3.63) is 24.0 Å². The minimum Gasteiger partial charge on any atom is -0.508 e. The zero-order chi connectivity index (χ0) is 10.4. The minimum atomic E-state index is 0.136. The van der Waals surface area contributed by atoms with Crippen LogP contribution in [0.2, 0.25) is 0 Å². The number of hydrogen-bond donors (Lipinski definition) is 2. The highest BCUT2D eigenvalue weighted by molar-refractivity contribution is 5.45. The summed E-state index contributed by atoms with van der Waals surface area (Å²) in [6.45, 7) is 2.88. The van der Waals surface area contributed by atoms with E-state index in [-0.39, 0.29) is 5.41 Å². The Hall–Kier alpha value is -1.25. The van der Waals surface area contributed by atoms with Gasteiger partial charge in [0.25, 0.3) is 0 Å². The lowest BCUT2D eigenvalue weighted by Gasteiger charge is -2.26. The third kappa shape index (κ3) is 3.24. The molecule has 78 valence electrons. The van der Waals surface area contributed by atoms with Crippen molar-refractivity contribution in [3.8, 4) is 0 Å². The maximum Gasteiger partial charge on any atom is 0.207 e. The van der Waals surface area contributed by atoms with Crippen LogP contribution in [0.1, 0.15) is 26.2 Å². The predicted octanol–water partition coefficient (Wildman–Crippen LogP) is 1.92. The van der Waals surface area contributed by atoms with Gasteiger partial charge < -0.3 is 10.4 Å². The summed E-state index contributed by atoms with van der Waals surface area (Å²) < 4.78 is 0. The van der Waals surface area contributed by atoms with E-state index in [1.165, 1.54) is 0 Å². The number of aliphatic hydroxyl groups is 1. The second kappa shape index (κ2) is 4.84. The van der Waals surface area contributed by atoms with Crippen LogP contribution in [0.4, 0.5) is 0 Å². The minimum absolute atomic E-state index is 0.136. The highest BCUT2D eigenvalue weighted by Crippen LogP contribution is 2.33. The van der Waals surface area contributed by atoms with Crippen molar-refractivity contribution >= 4 is 6.41 Å². The van der Waals surface area contributed by atoms with Crippen LogP contribution in [0, 0.1) is 5.41 Å². The molecule has 14 heavy (non-hydrogen) atoms. The van der Waals surface area contributed by atoms with Crippen LogP contribution in [-0.2, 0) is 4.79 Å². The molecule has 0 aromatic carbocycles. The standard InChI is InChI=1S/C11H17NO2/c1-11(5-2-8-12-9-13)6-3-10(14)4-7-11/h3-4,6,9,14H,2,5,7-8H2,1H3,(H,12,13). The first kappa shape index (κ1) is 10.8. The van der Waals surface area contributed by atoms with E-state index in [0.717, 1.165) is 32.2 Å². The molecule has 0 saturated carbocycles. The number of allylic oxidation sites excluding steroid dienone is 3. The van der Waals surface area contributed by atoms with Gasteiger partial charge in [0.05, 0.1) is 0 Å². The highest BCUT2D eigenvalue weighted by Gasteiger charge is 2.21. The van der Waals surface area contributed by atoms with E-state index >= 15 is 0 Å². The number of aliphatic hydroxyl groups excluding tert-OH is 1. The van der Waals surface area contributed by atoms with Crippen LogP contribution in [0.5, 0.6) is 0 Å². The summed E-state index contributed by atoms with van der Waals surface area (Å²) >= 11 is 0. The number of amides is 1. The monoisotopic (exact) mass is 195 g/mol. The second-order valence-electron chi connectivity index (χ2n) is 4.00. The van der Waals surface area contributed by atoms with Gasteiger partial charge in [0, 0.05) is 6.54 Å². The fourth-order valence-electron chi connectivity index (χ4n) is 1.60. The summed E-state index contributed by atoms with van der Waals surface area (Å²) in [5.74, 6) is 0.355. The lowest BCUT2D eigenvalue weighted by molar-refractivity contribution is -0.109. The topological polar surface area (TPSA) is 49.3 Å². The summed E-state index contributed by atoms with van der Waals surface area (Å²) in [5, 5.41) is 11.8. The molecule has 0 heterocycles. The van der Waals surface area contributed by atoms with Crippen molar-refractivity contribution in [2.45, 2.75) is 26.2 Å². The normalized spacial score (nSPS) is 25.6. The molecule has 1 rings (SSSR count). The SMILES string of the molecule is CC1(CCCNC=O)C=CC(O)=CC1. The van der Waals surface area contributed by atoms with Gasteiger partial charge in [0.2, 0.25) is 6.41 Å². The molecule has 0 saturated heterocycles. The summed E-state index contributed by atoms with van der Waals surface area (Å²) in [4.78, 5) is 10.0. The fraction of sp³-hybridized carbons (Fsp3) is 0.545. The first-order chi connectivity index (χ1) is 6.66. The first-order valence-corrected chi connectivity index (χ1v) is 4.92. The van der Waals surface area contributed by atoms with Crippen molar-refractivity contribution in [2.75, 3.05) is 6.54 Å². The van der Waals surface area contributed by atoms with E-state index in [4.69, 9.17) is 5.11 Å². The first-order valence-electron chi connectivity index (χ1n) is 4.92. The van der Waals surface area contributed by atoms with Gasteiger partial charge in [0.15, 0.2) is 0 Å². The lowest BCUT2D eigenvalue weighted by atomic mass is 9.79. The molecule has 0 aromatic heterocycles. The van der Waals surface area contributed by atoms with Gasteiger partial charge in [-0.25, -0.2) is 0 Å². The molecule has 1 aliphatic carbocycles. The quantitative estimate of drug-likeness (QED) is 0.520. The molecule has 1 aliphatic rings. The lowest BCUT2D eigenvalue weighted by Crippen LogP contribution is -2.19. The maximum atomic E-state index is 10.0. The van der Waals surface area contributed by atoms with Crippen molar-refractivity contribution in [3.63, 3.8) is 0 Å². The van der Waals surface area contributed by atoms with Crippen molar-refractivity contribution in [1.29, 1.82) is 0 Å². The number of hydrogen-bond acceptors (Lipinski definition) is 2. The molecule has 1 atom stereocenters. The zero-order valence-electron chi connectivity index (χ0n) is 8.49. The van der Waals surface area contributed by atoms with E-state index in [1.807, 2.05) is 12.2 Å². The summed E-state index contributed by atoms with van der Waals surface area (Å²) in [6, 6.07) is 0. The molecule has 0 aliphatic heterocycles. The van der Waals surface area contributed by atoms with E-state index in [2.05, 4.69) is 12.2 Å². The molecule has 0 aromatic rings. The molecule has 0 fully saturated rings. The Morgan fingerprint density at radius 1 is 1.71 bits per heavy atom. The Morgan fingerprint density at radius 3 is 3.07 bits per heavy atom. The van der Waals surface area contributed by atoms with E-state index < -0.39 is 0 Å². The third-order valence-corrected chi connectivity index (χ3v) is 2.59. The van der Waals surface area contributed by atoms with Crippen molar-refractivity contribution < 1.29 is 9.90 Å². The van der Waals surface area contributed by atoms with Crippen molar-refractivity contribution in [2.24, 2.45) is 5.41 Å². The maximum absolute atomic E-state index is 10.0. The number of nitrogens with one attached hydrogen (secondary N) is 1.